The summed E-state index contributed by atoms with van der Waals surface area (Å²) in [6.45, 7) is 6.10. The van der Waals surface area contributed by atoms with Crippen LogP contribution in [0.15, 0.2) is 78.9 Å². The Bertz CT molecular complexity index is 2740. The molecule has 70 heavy (non-hydrogen) atoms. The normalized spacial score (nSPS) is 25.4. The minimum atomic E-state index is -0.0477. The Labute approximate surface area is 413 Å². The molecule has 0 spiro atoms. The van der Waals surface area contributed by atoms with Gasteiger partial charge in [-0.1, -0.05) is 38.1 Å². The Morgan fingerprint density at radius 3 is 2.11 bits per heavy atom. The molecule has 0 saturated heterocycles. The van der Waals surface area contributed by atoms with Gasteiger partial charge in [0.2, 0.25) is 5.75 Å². The molecule has 1 N–H and O–H groups in total. The topological polar surface area (TPSA) is 108 Å². The van der Waals surface area contributed by atoms with Crippen LogP contribution in [0.5, 0.6) is 51.7 Å². The number of hydrogen-bond acceptors (Lipinski definition) is 11. The van der Waals surface area contributed by atoms with Crippen molar-refractivity contribution in [1.82, 2.24) is 9.80 Å². The number of nitrogens with zero attached hydrogens (tertiary/aromatic N) is 2. The molecule has 3 aliphatic carbocycles. The van der Waals surface area contributed by atoms with Gasteiger partial charge in [-0.15, -0.1) is 0 Å². The highest BCUT2D eigenvalue weighted by atomic mass is 16.6. The van der Waals surface area contributed by atoms with Crippen LogP contribution < -0.4 is 28.4 Å². The maximum absolute atomic E-state index is 11.8. The second-order valence-electron chi connectivity index (χ2n) is 20.7. The van der Waals surface area contributed by atoms with Crippen molar-refractivity contribution in [2.24, 2.45) is 17.3 Å². The zero-order chi connectivity index (χ0) is 48.8. The Balaban J connectivity index is 0.000000198. The monoisotopic (exact) mass is 951 g/mol. The van der Waals surface area contributed by atoms with Crippen LogP contribution in [-0.2, 0) is 41.6 Å². The highest BCUT2D eigenvalue weighted by Crippen LogP contribution is 2.62. The van der Waals surface area contributed by atoms with Crippen LogP contribution in [0.3, 0.4) is 0 Å². The molecule has 11 heteroatoms. The Hall–Kier alpha value is -5.91. The van der Waals surface area contributed by atoms with Gasteiger partial charge >= 0.3 is 5.97 Å². The number of benzene rings is 5. The smallest absolute Gasteiger partial charge is 0.305 e. The number of ether oxygens (including phenoxy) is 7. The zero-order valence-corrected chi connectivity index (χ0v) is 42.3. The third kappa shape index (κ3) is 8.82. The van der Waals surface area contributed by atoms with Gasteiger partial charge in [-0.3, -0.25) is 14.6 Å². The molecule has 7 aliphatic rings. The predicted molar refractivity (Wildman–Crippen MR) is 271 cm³/mol. The van der Waals surface area contributed by atoms with Crippen LogP contribution in [-0.4, -0.2) is 82.6 Å². The average molecular weight is 951 g/mol. The Morgan fingerprint density at radius 2 is 1.37 bits per heavy atom. The largest absolute Gasteiger partial charge is 0.508 e. The number of esters is 1. The minimum Gasteiger partial charge on any atom is -0.508 e. The second kappa shape index (κ2) is 19.7. The van der Waals surface area contributed by atoms with Crippen molar-refractivity contribution >= 4 is 5.97 Å². The van der Waals surface area contributed by atoms with Crippen LogP contribution in [0.2, 0.25) is 0 Å². The molecule has 5 aromatic rings. The molecular formula is C59H70N2O9. The number of phenolic OH excluding ortho intramolecular Hbond substituents is 1. The molecule has 6 bridgehead atoms. The van der Waals surface area contributed by atoms with Gasteiger partial charge in [0.05, 0.1) is 28.4 Å². The van der Waals surface area contributed by atoms with Gasteiger partial charge in [0, 0.05) is 42.6 Å². The van der Waals surface area contributed by atoms with Crippen LogP contribution in [0.25, 0.3) is 0 Å². The predicted octanol–water partition coefficient (Wildman–Crippen LogP) is 11.7. The van der Waals surface area contributed by atoms with E-state index in [2.05, 4.69) is 79.3 Å². The van der Waals surface area contributed by atoms with E-state index >= 15 is 0 Å². The number of methoxy groups -OCH3 is 4. The number of aromatic hydroxyl groups is 1. The SMILES string of the molecule is CCC(=O)OC1CCC2C3CCc4cc(O)ccc4C3CCC12C.COc1ccc2cc1Oc1ccc(cc1)CC1c3cc(c(OC)cc3CCN1C)Oc1c(OC)c(OC)cc3c1C(C2)N(C)CC3. The number of carbonyl (C=O) groups excluding carboxylic acids is 1. The fourth-order valence-corrected chi connectivity index (χ4v) is 13.2. The van der Waals surface area contributed by atoms with Gasteiger partial charge in [-0.05, 0) is 190 Å². The molecule has 370 valence electrons. The molecule has 7 atom stereocenters. The molecule has 7 unspecified atom stereocenters. The third-order valence-corrected chi connectivity index (χ3v) is 17.0. The minimum absolute atomic E-state index is 0.000437. The van der Waals surface area contributed by atoms with Crippen LogP contribution >= 0.6 is 0 Å². The van der Waals surface area contributed by atoms with Gasteiger partial charge in [0.25, 0.3) is 0 Å². The first-order valence-electron chi connectivity index (χ1n) is 25.4. The lowest BCUT2D eigenvalue weighted by atomic mass is 9.55. The molecule has 0 radical (unpaired) electrons. The van der Waals surface area contributed by atoms with Gasteiger partial charge in [0.1, 0.15) is 17.6 Å². The van der Waals surface area contributed by atoms with Crippen molar-refractivity contribution in [3.8, 4) is 51.7 Å². The van der Waals surface area contributed by atoms with E-state index in [1.807, 2.05) is 37.3 Å². The maximum Gasteiger partial charge on any atom is 0.305 e. The van der Waals surface area contributed by atoms with E-state index in [0.717, 1.165) is 74.9 Å². The quantitative estimate of drug-likeness (QED) is 0.164. The van der Waals surface area contributed by atoms with Crippen molar-refractivity contribution in [3.05, 3.63) is 123 Å². The zero-order valence-electron chi connectivity index (χ0n) is 42.3. The van der Waals surface area contributed by atoms with Crippen molar-refractivity contribution in [3.63, 3.8) is 0 Å². The van der Waals surface area contributed by atoms with Crippen molar-refractivity contribution < 1.29 is 43.1 Å². The summed E-state index contributed by atoms with van der Waals surface area (Å²) in [6, 6.07) is 27.1. The summed E-state index contributed by atoms with van der Waals surface area (Å²) in [5, 5.41) is 9.77. The van der Waals surface area contributed by atoms with Gasteiger partial charge in [0.15, 0.2) is 34.5 Å². The molecule has 12 rings (SSSR count). The molecule has 5 aromatic carbocycles. The second-order valence-corrected chi connectivity index (χ2v) is 20.7. The molecule has 4 heterocycles. The number of phenols is 1. The van der Waals surface area contributed by atoms with Gasteiger partial charge in [-0.2, -0.15) is 0 Å². The van der Waals surface area contributed by atoms with E-state index in [0.29, 0.717) is 70.2 Å². The molecule has 11 nitrogen and oxygen atoms in total. The lowest BCUT2D eigenvalue weighted by molar-refractivity contribution is -0.157. The fraction of sp³-hybridized carbons (Fsp3) is 0.475. The van der Waals surface area contributed by atoms with Gasteiger partial charge in [-0.25, -0.2) is 0 Å². The lowest BCUT2D eigenvalue weighted by Crippen LogP contribution is -2.45. The summed E-state index contributed by atoms with van der Waals surface area (Å²) < 4.78 is 42.9. The summed E-state index contributed by atoms with van der Waals surface area (Å²) in [5.41, 5.74) is 10.1. The number of hydrogen-bond donors (Lipinski definition) is 1. The number of rotatable bonds is 6. The third-order valence-electron chi connectivity index (χ3n) is 17.0. The summed E-state index contributed by atoms with van der Waals surface area (Å²) in [6.07, 6.45) is 10.8. The first-order valence-corrected chi connectivity index (χ1v) is 25.4. The molecule has 4 aliphatic heterocycles. The van der Waals surface area contributed by atoms with E-state index in [1.165, 1.54) is 52.6 Å². The van der Waals surface area contributed by atoms with E-state index in [1.54, 1.807) is 28.4 Å². The fourth-order valence-electron chi connectivity index (χ4n) is 13.2. The van der Waals surface area contributed by atoms with Crippen LogP contribution in [0, 0.1) is 17.3 Å². The van der Waals surface area contributed by atoms with Crippen molar-refractivity contribution in [2.45, 2.75) is 109 Å². The molecule has 0 amide bonds. The highest BCUT2D eigenvalue weighted by molar-refractivity contribution is 5.69. The van der Waals surface area contributed by atoms with E-state index in [-0.39, 0.29) is 29.6 Å². The van der Waals surface area contributed by atoms with E-state index in [4.69, 9.17) is 33.2 Å². The first kappa shape index (κ1) is 47.8. The molecule has 0 aromatic heterocycles. The Kier molecular flexibility index (Phi) is 13.4. The highest BCUT2D eigenvalue weighted by Gasteiger charge is 2.56. The maximum atomic E-state index is 11.8. The van der Waals surface area contributed by atoms with E-state index < -0.39 is 0 Å². The average Bonchev–Trinajstić information content (AvgIpc) is 3.70. The number of carbonyl (C=O) groups is 1. The molecular weight excluding hydrogens is 881 g/mol. The van der Waals surface area contributed by atoms with Gasteiger partial charge < -0.3 is 38.3 Å². The number of fused-ring (bicyclic) bond motifs is 7. The number of aryl methyl sites for hydroxylation is 1. The van der Waals surface area contributed by atoms with Crippen LogP contribution in [0.4, 0.5) is 0 Å². The Morgan fingerprint density at radius 1 is 0.686 bits per heavy atom. The molecule has 2 saturated carbocycles. The summed E-state index contributed by atoms with van der Waals surface area (Å²) in [7, 11) is 11.1. The van der Waals surface area contributed by atoms with Crippen molar-refractivity contribution in [1.29, 1.82) is 0 Å². The number of likely N-dealkylation sites (N-methyl/N-ethyl adjacent to an activating group) is 2. The lowest BCUT2D eigenvalue weighted by Gasteiger charge is -2.50. The molecule has 2 fully saturated rings. The summed E-state index contributed by atoms with van der Waals surface area (Å²) >= 11 is 0. The van der Waals surface area contributed by atoms with Crippen molar-refractivity contribution in [2.75, 3.05) is 55.6 Å². The summed E-state index contributed by atoms with van der Waals surface area (Å²) in [5.74, 6) is 7.73. The summed E-state index contributed by atoms with van der Waals surface area (Å²) in [4.78, 5) is 16.6. The standard InChI is InChI=1S/C38H42N2O6.C21H28O3/c1-39-15-13-25-20-32(42-4)34-22-28(25)29(39)17-23-7-10-27(11-8-23)45-33-19-24(9-12-31(33)41-3)18-30-36-26(14-16-40(30)2)21-35(43-5)37(44-6)38(36)46-34;1-3-20(23)24-19-9-8-18-17-6-4-13-12-14(22)5-7-15(13)16(17)10-11-21(18,19)2/h7-12,19-22,29-30H,13-18H2,1-6H3;5,7,12,16-19,22H,3-4,6,8-11H2,1-2H3. The van der Waals surface area contributed by atoms with Crippen LogP contribution in [0.1, 0.15) is 115 Å². The van der Waals surface area contributed by atoms with E-state index in [9.17, 15) is 9.90 Å². The first-order chi connectivity index (χ1) is 33.9.